The van der Waals surface area contributed by atoms with Crippen LogP contribution >= 0.6 is 11.8 Å². The molecule has 1 aliphatic rings. The van der Waals surface area contributed by atoms with Crippen molar-refractivity contribution in [3.8, 4) is 5.75 Å². The van der Waals surface area contributed by atoms with E-state index in [2.05, 4.69) is 4.99 Å². The van der Waals surface area contributed by atoms with E-state index in [9.17, 15) is 14.4 Å². The van der Waals surface area contributed by atoms with Gasteiger partial charge in [0.2, 0.25) is 0 Å². The van der Waals surface area contributed by atoms with E-state index in [1.807, 2.05) is 0 Å². The Kier molecular flexibility index (Phi) is 7.32. The highest BCUT2D eigenvalue weighted by atomic mass is 32.2. The van der Waals surface area contributed by atoms with Crippen LogP contribution in [-0.4, -0.2) is 52.8 Å². The second kappa shape index (κ2) is 10.1. The van der Waals surface area contributed by atoms with E-state index in [1.54, 1.807) is 63.4 Å². The van der Waals surface area contributed by atoms with Crippen LogP contribution in [-0.2, 0) is 14.3 Å². The fourth-order valence-electron chi connectivity index (χ4n) is 2.78. The van der Waals surface area contributed by atoms with E-state index >= 15 is 0 Å². The van der Waals surface area contributed by atoms with Crippen molar-refractivity contribution in [1.82, 2.24) is 4.90 Å². The number of carbonyl (C=O) groups is 3. The van der Waals surface area contributed by atoms with Crippen LogP contribution in [0.3, 0.4) is 0 Å². The summed E-state index contributed by atoms with van der Waals surface area (Å²) in [6.07, 6.45) is 1.01. The normalized spacial score (nSPS) is 17.0. The number of carboxylic acid groups (broad SMARTS) is 1. The Labute approximate surface area is 189 Å². The van der Waals surface area contributed by atoms with Crippen LogP contribution < -0.4 is 4.74 Å². The van der Waals surface area contributed by atoms with Crippen LogP contribution in [0.2, 0.25) is 0 Å². The Morgan fingerprint density at radius 2 is 1.94 bits per heavy atom. The smallest absolute Gasteiger partial charge is 0.347 e. The molecule has 0 spiro atoms. The molecule has 1 N–H and O–H groups in total. The third-order valence-corrected chi connectivity index (χ3v) is 5.49. The molecule has 0 bridgehead atoms. The first kappa shape index (κ1) is 23.1. The molecular weight excluding hydrogens is 432 g/mol. The summed E-state index contributed by atoms with van der Waals surface area (Å²) >= 11 is 1.20. The van der Waals surface area contributed by atoms with Crippen LogP contribution in [0.25, 0.3) is 6.08 Å². The summed E-state index contributed by atoms with van der Waals surface area (Å²) in [6, 6.07) is 13.2. The lowest BCUT2D eigenvalue weighted by molar-refractivity contribution is -0.150. The molecule has 1 amide bonds. The number of carboxylic acids is 1. The number of esters is 1. The third-order valence-electron chi connectivity index (χ3n) is 4.43. The van der Waals surface area contributed by atoms with Crippen LogP contribution in [0.5, 0.6) is 5.75 Å². The van der Waals surface area contributed by atoms with Crippen molar-refractivity contribution in [3.05, 3.63) is 64.6 Å². The highest BCUT2D eigenvalue weighted by Crippen LogP contribution is 2.33. The SMILES string of the molecule is CCOC(=O)[C@@H](C)Oc1ccc(/C=C2/SC(=Nc3cccc(C(=O)O)c3)N(C)C2=O)cc1. The summed E-state index contributed by atoms with van der Waals surface area (Å²) in [5, 5.41) is 9.58. The van der Waals surface area contributed by atoms with E-state index < -0.39 is 18.0 Å². The summed E-state index contributed by atoms with van der Waals surface area (Å²) in [7, 11) is 1.61. The molecule has 3 rings (SSSR count). The molecule has 166 valence electrons. The van der Waals surface area contributed by atoms with Gasteiger partial charge < -0.3 is 14.6 Å². The van der Waals surface area contributed by atoms with Crippen molar-refractivity contribution in [2.24, 2.45) is 4.99 Å². The van der Waals surface area contributed by atoms with Crippen molar-refractivity contribution in [1.29, 1.82) is 0 Å². The molecule has 1 heterocycles. The standard InChI is InChI=1S/C23H22N2O6S/c1-4-30-22(29)14(2)31-18-10-8-15(9-11-18)12-19-20(26)25(3)23(32-19)24-17-7-5-6-16(13-17)21(27)28/h5-14H,4H2,1-3H3,(H,27,28)/b19-12+,24-23?/t14-/m1/s1. The third kappa shape index (κ3) is 5.55. The van der Waals surface area contributed by atoms with E-state index in [4.69, 9.17) is 14.6 Å². The first-order chi connectivity index (χ1) is 15.3. The Balaban J connectivity index is 1.74. The topological polar surface area (TPSA) is 106 Å². The number of carbonyl (C=O) groups excluding carboxylic acids is 2. The number of aliphatic imine (C=N–C) groups is 1. The van der Waals surface area contributed by atoms with Gasteiger partial charge in [-0.3, -0.25) is 9.69 Å². The number of rotatable bonds is 7. The van der Waals surface area contributed by atoms with E-state index in [1.165, 1.54) is 28.8 Å². The number of amides is 1. The Bertz CT molecular complexity index is 1090. The number of amidine groups is 1. The second-order valence-corrected chi connectivity index (χ2v) is 7.81. The van der Waals surface area contributed by atoms with E-state index in [0.29, 0.717) is 21.5 Å². The molecular formula is C23H22N2O6S. The first-order valence-electron chi connectivity index (χ1n) is 9.81. The van der Waals surface area contributed by atoms with E-state index in [-0.39, 0.29) is 18.1 Å². The number of hydrogen-bond acceptors (Lipinski definition) is 7. The molecule has 0 radical (unpaired) electrons. The minimum absolute atomic E-state index is 0.124. The first-order valence-corrected chi connectivity index (χ1v) is 10.6. The summed E-state index contributed by atoms with van der Waals surface area (Å²) in [5.74, 6) is -1.18. The van der Waals surface area contributed by atoms with Crippen LogP contribution in [0.15, 0.2) is 58.4 Å². The molecule has 1 fully saturated rings. The maximum Gasteiger partial charge on any atom is 0.347 e. The number of thioether (sulfide) groups is 1. The molecule has 8 nitrogen and oxygen atoms in total. The van der Waals surface area contributed by atoms with Gasteiger partial charge in [0.15, 0.2) is 11.3 Å². The molecule has 0 aromatic heterocycles. The number of ether oxygens (including phenoxy) is 2. The molecule has 32 heavy (non-hydrogen) atoms. The highest BCUT2D eigenvalue weighted by Gasteiger charge is 2.30. The molecule has 2 aromatic rings. The van der Waals surface area contributed by atoms with Gasteiger partial charge in [-0.1, -0.05) is 18.2 Å². The number of likely N-dealkylation sites (N-methyl/N-ethyl adjacent to an activating group) is 1. The molecule has 0 unspecified atom stereocenters. The van der Waals surface area contributed by atoms with Gasteiger partial charge in [-0.05, 0) is 67.6 Å². The predicted octanol–water partition coefficient (Wildman–Crippen LogP) is 3.95. The predicted molar refractivity (Wildman–Crippen MR) is 122 cm³/mol. The zero-order valence-electron chi connectivity index (χ0n) is 17.8. The second-order valence-electron chi connectivity index (χ2n) is 6.81. The van der Waals surface area contributed by atoms with Gasteiger partial charge in [0.25, 0.3) is 5.91 Å². The van der Waals surface area contributed by atoms with Gasteiger partial charge in [0.1, 0.15) is 5.75 Å². The Morgan fingerprint density at radius 3 is 2.59 bits per heavy atom. The zero-order valence-corrected chi connectivity index (χ0v) is 18.6. The maximum atomic E-state index is 12.6. The monoisotopic (exact) mass is 454 g/mol. The highest BCUT2D eigenvalue weighted by molar-refractivity contribution is 8.18. The van der Waals surface area contributed by atoms with Crippen molar-refractivity contribution in [2.45, 2.75) is 20.0 Å². The lowest BCUT2D eigenvalue weighted by Gasteiger charge is -2.13. The van der Waals surface area contributed by atoms with Gasteiger partial charge in [-0.25, -0.2) is 14.6 Å². The van der Waals surface area contributed by atoms with Crippen LogP contribution in [0, 0.1) is 0 Å². The fourth-order valence-corrected chi connectivity index (χ4v) is 3.76. The van der Waals surface area contributed by atoms with Crippen molar-refractivity contribution in [3.63, 3.8) is 0 Å². The van der Waals surface area contributed by atoms with Crippen molar-refractivity contribution >= 4 is 46.5 Å². The van der Waals surface area contributed by atoms with Gasteiger partial charge >= 0.3 is 11.9 Å². The molecule has 1 saturated heterocycles. The Morgan fingerprint density at radius 1 is 1.22 bits per heavy atom. The fraction of sp³-hybridized carbons (Fsp3) is 0.217. The Hall–Kier alpha value is -3.59. The minimum Gasteiger partial charge on any atom is -0.479 e. The van der Waals surface area contributed by atoms with E-state index in [0.717, 1.165) is 5.56 Å². The quantitative estimate of drug-likeness (QED) is 0.499. The van der Waals surface area contributed by atoms with Crippen LogP contribution in [0.4, 0.5) is 5.69 Å². The average Bonchev–Trinajstić information content (AvgIpc) is 3.03. The molecule has 0 saturated carbocycles. The van der Waals surface area contributed by atoms with Crippen LogP contribution in [0.1, 0.15) is 29.8 Å². The summed E-state index contributed by atoms with van der Waals surface area (Å²) < 4.78 is 10.5. The molecule has 0 aliphatic carbocycles. The number of benzene rings is 2. The summed E-state index contributed by atoms with van der Waals surface area (Å²) in [4.78, 5) is 41.8. The molecule has 9 heteroatoms. The van der Waals surface area contributed by atoms with Gasteiger partial charge in [0, 0.05) is 7.05 Å². The molecule has 1 aliphatic heterocycles. The maximum absolute atomic E-state index is 12.6. The number of hydrogen-bond donors (Lipinski definition) is 1. The van der Waals surface area contributed by atoms with Gasteiger partial charge in [0.05, 0.1) is 22.8 Å². The lowest BCUT2D eigenvalue weighted by atomic mass is 10.2. The number of aromatic carboxylic acids is 1. The minimum atomic E-state index is -1.04. The summed E-state index contributed by atoms with van der Waals surface area (Å²) in [6.45, 7) is 3.63. The number of nitrogens with zero attached hydrogens (tertiary/aromatic N) is 2. The molecule has 1 atom stereocenters. The summed E-state index contributed by atoms with van der Waals surface area (Å²) in [5.41, 5.74) is 1.35. The largest absolute Gasteiger partial charge is 0.479 e. The zero-order chi connectivity index (χ0) is 23.3. The van der Waals surface area contributed by atoms with Gasteiger partial charge in [-0.15, -0.1) is 0 Å². The van der Waals surface area contributed by atoms with Gasteiger partial charge in [-0.2, -0.15) is 0 Å². The average molecular weight is 455 g/mol. The lowest BCUT2D eigenvalue weighted by Crippen LogP contribution is -2.26. The van der Waals surface area contributed by atoms with Crippen molar-refractivity contribution in [2.75, 3.05) is 13.7 Å². The molecule has 2 aromatic carbocycles. The van der Waals surface area contributed by atoms with Crippen molar-refractivity contribution < 1.29 is 29.0 Å².